The highest BCUT2D eigenvalue weighted by Crippen LogP contribution is 2.30. The van der Waals surface area contributed by atoms with Crippen LogP contribution in [0.15, 0.2) is 90.3 Å². The SMILES string of the molecule is COCCc1cccc(NC(=O)N[C@@H]2N=C(c3ccccc3F)c3ccccc3N(Cc3cnc[nH]3)C2=O)c1. The molecule has 1 aromatic heterocycles. The number of benzene rings is 3. The van der Waals surface area contributed by atoms with Gasteiger partial charge in [0.2, 0.25) is 6.17 Å². The molecule has 3 aromatic carbocycles. The summed E-state index contributed by atoms with van der Waals surface area (Å²) in [5, 5.41) is 5.46. The summed E-state index contributed by atoms with van der Waals surface area (Å²) in [7, 11) is 1.63. The average Bonchev–Trinajstić information content (AvgIpc) is 3.43. The highest BCUT2D eigenvalue weighted by Gasteiger charge is 2.34. The third kappa shape index (κ3) is 5.86. The van der Waals surface area contributed by atoms with E-state index in [1.807, 2.05) is 18.2 Å². The van der Waals surface area contributed by atoms with Crippen LogP contribution in [0.2, 0.25) is 0 Å². The largest absolute Gasteiger partial charge is 0.384 e. The number of hydrogen-bond donors (Lipinski definition) is 3. The molecule has 0 radical (unpaired) electrons. The molecule has 5 rings (SSSR count). The van der Waals surface area contributed by atoms with Crippen molar-refractivity contribution in [2.24, 2.45) is 4.99 Å². The maximum atomic E-state index is 15.0. The van der Waals surface area contributed by atoms with Gasteiger partial charge in [0.15, 0.2) is 0 Å². The first-order valence-corrected chi connectivity index (χ1v) is 12.4. The number of urea groups is 1. The molecule has 0 unspecified atom stereocenters. The third-order valence-electron chi connectivity index (χ3n) is 6.27. The lowest BCUT2D eigenvalue weighted by atomic mass is 9.99. The van der Waals surface area contributed by atoms with Crippen LogP contribution < -0.4 is 15.5 Å². The summed E-state index contributed by atoms with van der Waals surface area (Å²) in [6.07, 6.45) is 2.50. The summed E-state index contributed by atoms with van der Waals surface area (Å²) in [6, 6.07) is 20.1. The quantitative estimate of drug-likeness (QED) is 0.318. The monoisotopic (exact) mass is 526 g/mol. The smallest absolute Gasteiger partial charge is 0.321 e. The van der Waals surface area contributed by atoms with Crippen molar-refractivity contribution in [2.45, 2.75) is 19.1 Å². The van der Waals surface area contributed by atoms with Gasteiger partial charge >= 0.3 is 6.03 Å². The van der Waals surface area contributed by atoms with E-state index in [0.29, 0.717) is 35.7 Å². The van der Waals surface area contributed by atoms with E-state index in [1.165, 1.54) is 17.3 Å². The zero-order chi connectivity index (χ0) is 27.2. The van der Waals surface area contributed by atoms with Crippen molar-refractivity contribution in [1.82, 2.24) is 15.3 Å². The van der Waals surface area contributed by atoms with E-state index >= 15 is 4.39 Å². The fraction of sp³-hybridized carbons (Fsp3) is 0.172. The normalized spacial score (nSPS) is 14.8. The fourth-order valence-corrected chi connectivity index (χ4v) is 4.41. The summed E-state index contributed by atoms with van der Waals surface area (Å²) < 4.78 is 20.1. The van der Waals surface area contributed by atoms with Gasteiger partial charge in [-0.05, 0) is 42.3 Å². The van der Waals surface area contributed by atoms with Crippen LogP contribution in [0.4, 0.5) is 20.6 Å². The lowest BCUT2D eigenvalue weighted by Crippen LogP contribution is -2.48. The molecule has 0 bridgehead atoms. The van der Waals surface area contributed by atoms with Crippen molar-refractivity contribution in [3.05, 3.63) is 114 Å². The first kappa shape index (κ1) is 25.8. The van der Waals surface area contributed by atoms with Gasteiger partial charge in [-0.15, -0.1) is 0 Å². The highest BCUT2D eigenvalue weighted by atomic mass is 19.1. The van der Waals surface area contributed by atoms with Gasteiger partial charge in [0.25, 0.3) is 5.91 Å². The summed E-state index contributed by atoms with van der Waals surface area (Å²) in [5.74, 6) is -0.969. The summed E-state index contributed by atoms with van der Waals surface area (Å²) >= 11 is 0. The maximum absolute atomic E-state index is 15.0. The number of aromatic amines is 1. The first-order valence-electron chi connectivity index (χ1n) is 12.4. The van der Waals surface area contributed by atoms with E-state index in [0.717, 1.165) is 5.56 Å². The topological polar surface area (TPSA) is 112 Å². The first-order chi connectivity index (χ1) is 19.0. The van der Waals surface area contributed by atoms with Gasteiger partial charge in [-0.2, -0.15) is 0 Å². The third-order valence-corrected chi connectivity index (χ3v) is 6.27. The van der Waals surface area contributed by atoms with Crippen LogP contribution in [0.1, 0.15) is 22.4 Å². The Labute approximate surface area is 224 Å². The van der Waals surface area contributed by atoms with E-state index < -0.39 is 23.9 Å². The zero-order valence-corrected chi connectivity index (χ0v) is 21.2. The second-order valence-corrected chi connectivity index (χ2v) is 8.92. The Hall–Kier alpha value is -4.83. The molecule has 3 N–H and O–H groups in total. The molecule has 0 spiro atoms. The molecule has 2 heterocycles. The fourth-order valence-electron chi connectivity index (χ4n) is 4.41. The van der Waals surface area contributed by atoms with Crippen LogP contribution in [-0.4, -0.2) is 47.5 Å². The predicted octanol–water partition coefficient (Wildman–Crippen LogP) is 4.27. The minimum Gasteiger partial charge on any atom is -0.384 e. The van der Waals surface area contributed by atoms with Crippen molar-refractivity contribution >= 4 is 29.0 Å². The molecule has 1 atom stereocenters. The van der Waals surface area contributed by atoms with Crippen LogP contribution >= 0.6 is 0 Å². The number of ether oxygens (including phenoxy) is 1. The van der Waals surface area contributed by atoms with Crippen LogP contribution in [0.25, 0.3) is 0 Å². The van der Waals surface area contributed by atoms with Crippen LogP contribution in [-0.2, 0) is 22.5 Å². The second kappa shape index (κ2) is 11.7. The molecule has 0 saturated carbocycles. The van der Waals surface area contributed by atoms with Gasteiger partial charge in [-0.1, -0.05) is 42.5 Å². The molecular formula is C29H27FN6O3. The number of para-hydroxylation sites is 1. The number of carbonyl (C=O) groups excluding carboxylic acids is 2. The highest BCUT2D eigenvalue weighted by molar-refractivity contribution is 6.20. The number of benzodiazepines with no additional fused rings is 1. The zero-order valence-electron chi connectivity index (χ0n) is 21.2. The Kier molecular flexibility index (Phi) is 7.74. The number of nitrogens with one attached hydrogen (secondary N) is 3. The predicted molar refractivity (Wildman–Crippen MR) is 146 cm³/mol. The number of imidazole rings is 1. The van der Waals surface area contributed by atoms with Gasteiger partial charge in [0.05, 0.1) is 36.6 Å². The molecule has 198 valence electrons. The average molecular weight is 527 g/mol. The Bertz CT molecular complexity index is 1500. The summed E-state index contributed by atoms with van der Waals surface area (Å²) in [4.78, 5) is 40.2. The number of H-pyrrole nitrogens is 1. The second-order valence-electron chi connectivity index (χ2n) is 8.92. The number of carbonyl (C=O) groups is 2. The summed E-state index contributed by atoms with van der Waals surface area (Å²) in [6.45, 7) is 0.698. The van der Waals surface area contributed by atoms with Crippen LogP contribution in [0.5, 0.6) is 0 Å². The van der Waals surface area contributed by atoms with Crippen molar-refractivity contribution in [3.63, 3.8) is 0 Å². The lowest BCUT2D eigenvalue weighted by Gasteiger charge is -2.25. The number of anilines is 2. The van der Waals surface area contributed by atoms with Gasteiger partial charge < -0.3 is 25.3 Å². The minimum atomic E-state index is -1.33. The molecule has 3 amide bonds. The molecular weight excluding hydrogens is 499 g/mol. The molecule has 39 heavy (non-hydrogen) atoms. The van der Waals surface area contributed by atoms with E-state index in [1.54, 1.807) is 61.8 Å². The number of amides is 3. The standard InChI is InChI=1S/C29H27FN6O3/c1-39-14-13-19-7-6-8-20(15-19)33-29(38)35-27-28(37)36(17-21-16-31-18-32-21)25-12-5-3-10-23(25)26(34-27)22-9-2-4-11-24(22)30/h2-12,15-16,18,27H,13-14,17H2,1H3,(H,31,32)(H2,33,35,38)/t27-/m0/s1. The number of aliphatic imine (C=N–C) groups is 1. The number of aromatic nitrogens is 2. The number of rotatable bonds is 8. The Morgan fingerprint density at radius 1 is 1.08 bits per heavy atom. The van der Waals surface area contributed by atoms with Crippen LogP contribution in [0.3, 0.4) is 0 Å². The number of methoxy groups -OCH3 is 1. The Morgan fingerprint density at radius 3 is 2.64 bits per heavy atom. The Morgan fingerprint density at radius 2 is 1.87 bits per heavy atom. The molecule has 10 heteroatoms. The molecule has 4 aromatic rings. The number of halogens is 1. The summed E-state index contributed by atoms with van der Waals surface area (Å²) in [5.41, 5.74) is 3.80. The number of fused-ring (bicyclic) bond motifs is 1. The van der Waals surface area contributed by atoms with Crippen molar-refractivity contribution in [3.8, 4) is 0 Å². The molecule has 1 aliphatic rings. The van der Waals surface area contributed by atoms with Gasteiger partial charge in [-0.3, -0.25) is 4.79 Å². The van der Waals surface area contributed by atoms with Gasteiger partial charge in [0, 0.05) is 30.1 Å². The van der Waals surface area contributed by atoms with E-state index in [-0.39, 0.29) is 17.8 Å². The van der Waals surface area contributed by atoms with Crippen molar-refractivity contribution in [2.75, 3.05) is 23.9 Å². The minimum absolute atomic E-state index is 0.150. The number of hydrogen-bond acceptors (Lipinski definition) is 5. The van der Waals surface area contributed by atoms with E-state index in [9.17, 15) is 9.59 Å². The molecule has 0 fully saturated rings. The van der Waals surface area contributed by atoms with Gasteiger partial charge in [-0.25, -0.2) is 19.2 Å². The van der Waals surface area contributed by atoms with Crippen molar-refractivity contribution < 1.29 is 18.7 Å². The molecule has 9 nitrogen and oxygen atoms in total. The van der Waals surface area contributed by atoms with E-state index in [2.05, 4.69) is 25.6 Å². The van der Waals surface area contributed by atoms with Gasteiger partial charge in [0.1, 0.15) is 5.82 Å². The Balaban J connectivity index is 1.50. The maximum Gasteiger partial charge on any atom is 0.321 e. The van der Waals surface area contributed by atoms with E-state index in [4.69, 9.17) is 4.74 Å². The molecule has 1 aliphatic heterocycles. The lowest BCUT2D eigenvalue weighted by molar-refractivity contribution is -0.120. The number of nitrogens with zero attached hydrogens (tertiary/aromatic N) is 3. The molecule has 0 saturated heterocycles. The van der Waals surface area contributed by atoms with Crippen molar-refractivity contribution in [1.29, 1.82) is 0 Å². The molecule has 0 aliphatic carbocycles. The van der Waals surface area contributed by atoms with Crippen LogP contribution in [0, 0.1) is 5.82 Å².